The molecule has 0 aromatic carbocycles. The van der Waals surface area contributed by atoms with Crippen molar-refractivity contribution in [2.45, 2.75) is 50.6 Å². The van der Waals surface area contributed by atoms with Gasteiger partial charge in [0.15, 0.2) is 0 Å². The van der Waals surface area contributed by atoms with Crippen LogP contribution < -0.4 is 10.6 Å². The van der Waals surface area contributed by atoms with Crippen molar-refractivity contribution in [2.24, 2.45) is 0 Å². The van der Waals surface area contributed by atoms with Crippen LogP contribution in [-0.2, 0) is 0 Å². The molecule has 1 saturated carbocycles. The highest BCUT2D eigenvalue weighted by atomic mass is 15.0. The molecule has 2 N–H and O–H groups in total. The Morgan fingerprint density at radius 2 is 2.25 bits per heavy atom. The van der Waals surface area contributed by atoms with Crippen molar-refractivity contribution in [3.05, 3.63) is 0 Å². The van der Waals surface area contributed by atoms with E-state index >= 15 is 0 Å². The van der Waals surface area contributed by atoms with E-state index in [9.17, 15) is 0 Å². The Morgan fingerprint density at radius 3 is 2.75 bits per heavy atom. The second kappa shape index (κ2) is 3.35. The van der Waals surface area contributed by atoms with Crippen molar-refractivity contribution in [1.82, 2.24) is 10.6 Å². The summed E-state index contributed by atoms with van der Waals surface area (Å²) in [6.07, 6.45) is 6.90. The fourth-order valence-electron chi connectivity index (χ4n) is 2.18. The lowest BCUT2D eigenvalue weighted by Crippen LogP contribution is -2.51. The summed E-state index contributed by atoms with van der Waals surface area (Å²) in [7, 11) is 0. The Bertz CT molecular complexity index is 146. The van der Waals surface area contributed by atoms with Crippen LogP contribution in [0.4, 0.5) is 0 Å². The molecule has 1 aliphatic carbocycles. The third-order valence-electron chi connectivity index (χ3n) is 3.39. The molecule has 0 aromatic heterocycles. The van der Waals surface area contributed by atoms with E-state index in [0.717, 1.165) is 6.04 Å². The first-order chi connectivity index (χ1) is 5.79. The van der Waals surface area contributed by atoms with Crippen molar-refractivity contribution in [3.8, 4) is 0 Å². The van der Waals surface area contributed by atoms with Gasteiger partial charge in [-0.2, -0.15) is 0 Å². The summed E-state index contributed by atoms with van der Waals surface area (Å²) in [4.78, 5) is 0. The van der Waals surface area contributed by atoms with Gasteiger partial charge in [0, 0.05) is 18.1 Å². The normalized spacial score (nSPS) is 33.2. The average Bonchev–Trinajstić information content (AvgIpc) is 2.49. The zero-order valence-electron chi connectivity index (χ0n) is 8.03. The van der Waals surface area contributed by atoms with Crippen LogP contribution >= 0.6 is 0 Å². The quantitative estimate of drug-likeness (QED) is 0.663. The highest BCUT2D eigenvalue weighted by Crippen LogP contribution is 2.30. The maximum Gasteiger partial charge on any atom is 0.0193 e. The first-order valence-corrected chi connectivity index (χ1v) is 5.27. The van der Waals surface area contributed by atoms with E-state index in [0.29, 0.717) is 5.54 Å². The fraction of sp³-hybridized carbons (Fsp3) is 1.00. The lowest BCUT2D eigenvalue weighted by Gasteiger charge is -2.40. The summed E-state index contributed by atoms with van der Waals surface area (Å²) >= 11 is 0. The summed E-state index contributed by atoms with van der Waals surface area (Å²) in [5.74, 6) is 0. The van der Waals surface area contributed by atoms with Crippen LogP contribution in [0.25, 0.3) is 0 Å². The molecular formula is C10H20N2. The molecule has 1 aliphatic heterocycles. The second-order valence-corrected chi connectivity index (χ2v) is 4.59. The molecule has 2 nitrogen and oxygen atoms in total. The number of hydrogen-bond donors (Lipinski definition) is 2. The number of hydrogen-bond acceptors (Lipinski definition) is 2. The Hall–Kier alpha value is -0.0800. The van der Waals surface area contributed by atoms with Gasteiger partial charge >= 0.3 is 0 Å². The molecule has 2 aliphatic rings. The van der Waals surface area contributed by atoms with Crippen LogP contribution in [0.3, 0.4) is 0 Å². The predicted molar refractivity (Wildman–Crippen MR) is 51.3 cm³/mol. The van der Waals surface area contributed by atoms with Crippen molar-refractivity contribution >= 4 is 0 Å². The maximum atomic E-state index is 3.67. The van der Waals surface area contributed by atoms with Gasteiger partial charge in [0.1, 0.15) is 0 Å². The zero-order chi connectivity index (χ0) is 8.44. The summed E-state index contributed by atoms with van der Waals surface area (Å²) in [6.45, 7) is 4.75. The molecular weight excluding hydrogens is 148 g/mol. The minimum atomic E-state index is 0.490. The summed E-state index contributed by atoms with van der Waals surface area (Å²) in [5, 5.41) is 7.19. The van der Waals surface area contributed by atoms with Crippen molar-refractivity contribution in [3.63, 3.8) is 0 Å². The summed E-state index contributed by atoms with van der Waals surface area (Å²) < 4.78 is 0. The largest absolute Gasteiger partial charge is 0.313 e. The van der Waals surface area contributed by atoms with Crippen LogP contribution in [0.1, 0.15) is 39.0 Å². The van der Waals surface area contributed by atoms with Crippen molar-refractivity contribution in [1.29, 1.82) is 0 Å². The number of rotatable bonds is 3. The van der Waals surface area contributed by atoms with Gasteiger partial charge in [-0.15, -0.1) is 0 Å². The molecule has 1 unspecified atom stereocenters. The molecule has 2 heteroatoms. The third-order valence-corrected chi connectivity index (χ3v) is 3.39. The second-order valence-electron chi connectivity index (χ2n) is 4.59. The highest BCUT2D eigenvalue weighted by molar-refractivity contribution is 4.93. The maximum absolute atomic E-state index is 3.67. The van der Waals surface area contributed by atoms with Crippen LogP contribution in [0, 0.1) is 0 Å². The van der Waals surface area contributed by atoms with Gasteiger partial charge in [0.2, 0.25) is 0 Å². The van der Waals surface area contributed by atoms with E-state index in [1.54, 1.807) is 0 Å². The van der Waals surface area contributed by atoms with Crippen LogP contribution in [-0.4, -0.2) is 24.7 Å². The van der Waals surface area contributed by atoms with E-state index in [-0.39, 0.29) is 0 Å². The molecule has 12 heavy (non-hydrogen) atoms. The van der Waals surface area contributed by atoms with Gasteiger partial charge in [-0.3, -0.25) is 0 Å². The minimum absolute atomic E-state index is 0.490. The Kier molecular flexibility index (Phi) is 2.37. The zero-order valence-corrected chi connectivity index (χ0v) is 8.03. The predicted octanol–water partition coefficient (Wildman–Crippen LogP) is 1.27. The van der Waals surface area contributed by atoms with Gasteiger partial charge in [0.25, 0.3) is 0 Å². The van der Waals surface area contributed by atoms with Crippen LogP contribution in [0.15, 0.2) is 0 Å². The molecule has 1 atom stereocenters. The average molecular weight is 168 g/mol. The van der Waals surface area contributed by atoms with Crippen LogP contribution in [0.2, 0.25) is 0 Å². The Balaban J connectivity index is 1.67. The van der Waals surface area contributed by atoms with E-state index < -0.39 is 0 Å². The molecule has 2 fully saturated rings. The molecule has 0 amide bonds. The van der Waals surface area contributed by atoms with Crippen molar-refractivity contribution in [2.75, 3.05) is 13.1 Å². The van der Waals surface area contributed by atoms with E-state index in [1.807, 2.05) is 0 Å². The van der Waals surface area contributed by atoms with E-state index in [2.05, 4.69) is 17.6 Å². The van der Waals surface area contributed by atoms with E-state index in [1.165, 1.54) is 45.2 Å². The van der Waals surface area contributed by atoms with E-state index in [4.69, 9.17) is 0 Å². The van der Waals surface area contributed by atoms with Gasteiger partial charge < -0.3 is 10.6 Å². The molecule has 0 spiro atoms. The monoisotopic (exact) mass is 168 g/mol. The molecule has 2 rings (SSSR count). The fourth-order valence-corrected chi connectivity index (χ4v) is 2.18. The highest BCUT2D eigenvalue weighted by Gasteiger charge is 2.31. The number of nitrogens with one attached hydrogen (secondary N) is 2. The molecule has 1 heterocycles. The van der Waals surface area contributed by atoms with Gasteiger partial charge in [-0.05, 0) is 45.6 Å². The lowest BCUT2D eigenvalue weighted by molar-refractivity contribution is 0.203. The third kappa shape index (κ3) is 1.80. The molecule has 0 radical (unpaired) electrons. The standard InChI is InChI=1S/C10H20N2/c1-10(5-3-6-10)12-8-9-4-2-7-11-9/h9,11-12H,2-8H2,1H3. The molecule has 0 aromatic rings. The Labute approximate surface area is 75.1 Å². The molecule has 0 bridgehead atoms. The summed E-state index contributed by atoms with van der Waals surface area (Å²) in [6, 6.07) is 0.752. The molecule has 70 valence electrons. The van der Waals surface area contributed by atoms with Crippen LogP contribution in [0.5, 0.6) is 0 Å². The van der Waals surface area contributed by atoms with Gasteiger partial charge in [-0.25, -0.2) is 0 Å². The first-order valence-electron chi connectivity index (χ1n) is 5.27. The Morgan fingerprint density at radius 1 is 1.42 bits per heavy atom. The van der Waals surface area contributed by atoms with Crippen molar-refractivity contribution < 1.29 is 0 Å². The van der Waals surface area contributed by atoms with Gasteiger partial charge in [-0.1, -0.05) is 0 Å². The summed E-state index contributed by atoms with van der Waals surface area (Å²) in [5.41, 5.74) is 0.490. The lowest BCUT2D eigenvalue weighted by atomic mass is 9.78. The SMILES string of the molecule is CC1(NCC2CCCN2)CCC1. The minimum Gasteiger partial charge on any atom is -0.313 e. The first kappa shape index (κ1) is 8.52. The molecule has 1 saturated heterocycles. The topological polar surface area (TPSA) is 24.1 Å². The van der Waals surface area contributed by atoms with Gasteiger partial charge in [0.05, 0.1) is 0 Å². The smallest absolute Gasteiger partial charge is 0.0193 e.